The zero-order valence-corrected chi connectivity index (χ0v) is 26.2. The average Bonchev–Trinajstić information content (AvgIpc) is 1.98. The Bertz CT molecular complexity index is 452. The molecule has 0 saturated carbocycles. The lowest BCUT2D eigenvalue weighted by atomic mass is 11.8. The summed E-state index contributed by atoms with van der Waals surface area (Å²) < 4.78 is 12.0. The molecule has 0 fully saturated rings. The van der Waals surface area contributed by atoms with E-state index < -0.39 is 48.5 Å². The van der Waals surface area contributed by atoms with Gasteiger partial charge >= 0.3 is 0 Å². The minimum atomic E-state index is -1.70. The van der Waals surface area contributed by atoms with E-state index in [4.69, 9.17) is 4.41 Å². The molecule has 0 rings (SSSR count). The topological polar surface area (TPSA) is 18.8 Å². The van der Waals surface area contributed by atoms with Crippen molar-refractivity contribution < 1.29 is 0 Å². The van der Waals surface area contributed by atoms with Crippen LogP contribution < -0.4 is 0 Å². The first-order chi connectivity index (χ1) is 10.4. The SMILES string of the molecule is C[Si](C)(C)N=P(C)(N([Si](C)(C)C)[Si](C)(C)C)N([Si](C)(C)C)[Si](C)(C)C. The van der Waals surface area contributed by atoms with Crippen molar-refractivity contribution in [2.45, 2.75) is 98.2 Å². The highest BCUT2D eigenvalue weighted by molar-refractivity contribution is 7.70. The van der Waals surface area contributed by atoms with Gasteiger partial charge in [-0.25, -0.2) is 0 Å². The summed E-state index contributed by atoms with van der Waals surface area (Å²) in [6, 6.07) is 0. The molecule has 9 heteroatoms. The standard InChI is InChI=1S/C16H48N3PSi5/c1-20(17-21(2,3)4,18(22(5,6)7)23(8,9)10)19(24(11,12)13)25(14,15)16/h1-16H3. The fourth-order valence-electron chi connectivity index (χ4n) is 5.03. The zero-order chi connectivity index (χ0) is 20.9. The number of hydrogen-bond donors (Lipinski definition) is 0. The van der Waals surface area contributed by atoms with Gasteiger partial charge in [0.2, 0.25) is 0 Å². The number of hydrogen-bond acceptors (Lipinski definition) is 1. The summed E-state index contributed by atoms with van der Waals surface area (Å²) in [4.78, 5) is 0. The molecule has 0 aromatic carbocycles. The Morgan fingerprint density at radius 3 is 0.800 bits per heavy atom. The molecule has 0 N–H and O–H groups in total. The average molecular weight is 454 g/mol. The number of nitrogens with zero attached hydrogens (tertiary/aromatic N) is 3. The smallest absolute Gasteiger partial charge is 0.173 e. The second kappa shape index (κ2) is 7.57. The molecule has 0 aliphatic rings. The van der Waals surface area contributed by atoms with E-state index >= 15 is 0 Å². The monoisotopic (exact) mass is 453 g/mol. The largest absolute Gasteiger partial charge is 0.314 e. The molecule has 0 atom stereocenters. The Balaban J connectivity index is 7.17. The lowest BCUT2D eigenvalue weighted by Crippen LogP contribution is -2.65. The van der Waals surface area contributed by atoms with E-state index in [2.05, 4.69) is 113 Å². The fraction of sp³-hybridized carbons (Fsp3) is 1.00. The Morgan fingerprint density at radius 1 is 0.480 bits per heavy atom. The van der Waals surface area contributed by atoms with Crippen molar-refractivity contribution in [1.82, 2.24) is 8.00 Å². The van der Waals surface area contributed by atoms with Crippen LogP contribution in [0.4, 0.5) is 0 Å². The summed E-state index contributed by atoms with van der Waals surface area (Å²) in [7, 11) is -9.26. The summed E-state index contributed by atoms with van der Waals surface area (Å²) in [6.07, 6.45) is 0. The summed E-state index contributed by atoms with van der Waals surface area (Å²) in [5, 5.41) is 0. The number of rotatable bonds is 7. The van der Waals surface area contributed by atoms with Crippen LogP contribution in [0.15, 0.2) is 4.41 Å². The molecule has 0 aliphatic carbocycles. The van der Waals surface area contributed by atoms with Crippen molar-refractivity contribution in [3.05, 3.63) is 0 Å². The first-order valence-corrected chi connectivity index (χ1v) is 29.0. The van der Waals surface area contributed by atoms with Gasteiger partial charge in [-0.15, -0.1) is 0 Å². The predicted octanol–water partition coefficient (Wildman–Crippen LogP) is 7.43. The molecule has 0 aromatic rings. The van der Waals surface area contributed by atoms with Crippen molar-refractivity contribution in [3.63, 3.8) is 0 Å². The van der Waals surface area contributed by atoms with Gasteiger partial charge in [0.1, 0.15) is 32.9 Å². The van der Waals surface area contributed by atoms with Gasteiger partial charge in [0.25, 0.3) is 0 Å². The van der Waals surface area contributed by atoms with E-state index in [9.17, 15) is 0 Å². The van der Waals surface area contributed by atoms with Crippen molar-refractivity contribution in [2.24, 2.45) is 4.41 Å². The normalized spacial score (nSPS) is 15.9. The van der Waals surface area contributed by atoms with Crippen LogP contribution >= 0.6 is 7.36 Å². The maximum Gasteiger partial charge on any atom is 0.173 e. The van der Waals surface area contributed by atoms with Crippen LogP contribution in [0, 0.1) is 0 Å². The lowest BCUT2D eigenvalue weighted by molar-refractivity contribution is 0.847. The van der Waals surface area contributed by atoms with Gasteiger partial charge < -0.3 is 12.4 Å². The van der Waals surface area contributed by atoms with Gasteiger partial charge in [-0.05, 0) is 26.3 Å². The van der Waals surface area contributed by atoms with Crippen molar-refractivity contribution in [2.75, 3.05) is 6.66 Å². The molecule has 0 spiro atoms. The van der Waals surface area contributed by atoms with Crippen LogP contribution in [0.25, 0.3) is 0 Å². The maximum atomic E-state index is 5.85. The molecule has 0 radical (unpaired) electrons. The Hall–Kier alpha value is 1.23. The Labute approximate surface area is 165 Å². The van der Waals surface area contributed by atoms with Gasteiger partial charge in [-0.3, -0.25) is 0 Å². The van der Waals surface area contributed by atoms with Crippen LogP contribution in [0.3, 0.4) is 0 Å². The minimum absolute atomic E-state index is 1.50. The summed E-state index contributed by atoms with van der Waals surface area (Å²) in [5.41, 5.74) is 0. The second-order valence-corrected chi connectivity index (χ2v) is 41.7. The van der Waals surface area contributed by atoms with Crippen LogP contribution in [0.1, 0.15) is 0 Å². The zero-order valence-electron chi connectivity index (χ0n) is 20.3. The molecule has 0 aromatic heterocycles. The van der Waals surface area contributed by atoms with Crippen molar-refractivity contribution in [1.29, 1.82) is 0 Å². The Morgan fingerprint density at radius 2 is 0.680 bits per heavy atom. The van der Waals surface area contributed by atoms with Crippen LogP contribution in [0.5, 0.6) is 0 Å². The van der Waals surface area contributed by atoms with Crippen molar-refractivity contribution in [3.8, 4) is 0 Å². The quantitative estimate of drug-likeness (QED) is 0.295. The first kappa shape index (κ1) is 26.2. The fourth-order valence-corrected chi connectivity index (χ4v) is 48.5. The molecule has 0 bridgehead atoms. The summed E-state index contributed by atoms with van der Waals surface area (Å²) in [5.74, 6) is 0. The van der Waals surface area contributed by atoms with E-state index in [1.165, 1.54) is 0 Å². The van der Waals surface area contributed by atoms with Gasteiger partial charge in [-0.2, -0.15) is 0 Å². The van der Waals surface area contributed by atoms with Gasteiger partial charge in [-0.1, -0.05) is 78.6 Å². The Kier molecular flexibility index (Phi) is 7.95. The molecule has 0 amide bonds. The molecular weight excluding hydrogens is 406 g/mol. The highest BCUT2D eigenvalue weighted by Crippen LogP contribution is 2.62. The van der Waals surface area contributed by atoms with E-state index in [1.54, 1.807) is 0 Å². The van der Waals surface area contributed by atoms with E-state index in [0.29, 0.717) is 0 Å². The van der Waals surface area contributed by atoms with Gasteiger partial charge in [0, 0.05) is 0 Å². The van der Waals surface area contributed by atoms with E-state index in [-0.39, 0.29) is 0 Å². The molecular formula is C16H48N3PSi5. The minimum Gasteiger partial charge on any atom is -0.314 e. The van der Waals surface area contributed by atoms with Crippen molar-refractivity contribution >= 4 is 48.5 Å². The van der Waals surface area contributed by atoms with Crippen LogP contribution in [0.2, 0.25) is 98.2 Å². The molecule has 0 unspecified atom stereocenters. The molecule has 25 heavy (non-hydrogen) atoms. The maximum absolute atomic E-state index is 5.85. The predicted molar refractivity (Wildman–Crippen MR) is 136 cm³/mol. The third-order valence-corrected chi connectivity index (χ3v) is 34.1. The third kappa shape index (κ3) is 7.29. The molecule has 152 valence electrons. The molecule has 0 saturated heterocycles. The highest BCUT2D eigenvalue weighted by Gasteiger charge is 2.51. The highest BCUT2D eigenvalue weighted by atomic mass is 31.2. The van der Waals surface area contributed by atoms with E-state index in [0.717, 1.165) is 0 Å². The molecule has 3 nitrogen and oxygen atoms in total. The van der Waals surface area contributed by atoms with Crippen LogP contribution in [-0.2, 0) is 0 Å². The van der Waals surface area contributed by atoms with Gasteiger partial charge in [0.15, 0.2) is 8.24 Å². The first-order valence-electron chi connectivity index (χ1n) is 9.67. The molecule has 0 aliphatic heterocycles. The summed E-state index contributed by atoms with van der Waals surface area (Å²) in [6.45, 7) is 40.5. The van der Waals surface area contributed by atoms with Gasteiger partial charge in [0.05, 0.1) is 7.36 Å². The van der Waals surface area contributed by atoms with E-state index in [1.807, 2.05) is 0 Å². The lowest BCUT2D eigenvalue weighted by Gasteiger charge is -2.60. The summed E-state index contributed by atoms with van der Waals surface area (Å²) >= 11 is 0. The molecule has 0 heterocycles. The van der Waals surface area contributed by atoms with Crippen LogP contribution in [-0.4, -0.2) is 55.8 Å². The third-order valence-electron chi connectivity index (χ3n) is 3.79. The second-order valence-electron chi connectivity index (χ2n) is 12.4.